The van der Waals surface area contributed by atoms with E-state index < -0.39 is 0 Å². The van der Waals surface area contributed by atoms with Gasteiger partial charge in [-0.2, -0.15) is 0 Å². The average molecular weight is 413 g/mol. The maximum absolute atomic E-state index is 12.9. The van der Waals surface area contributed by atoms with Crippen LogP contribution in [0.25, 0.3) is 0 Å². The Morgan fingerprint density at radius 3 is 2.67 bits per heavy atom. The van der Waals surface area contributed by atoms with Crippen molar-refractivity contribution in [2.45, 2.75) is 45.1 Å². The predicted octanol–water partition coefficient (Wildman–Crippen LogP) is 3.55. The molecule has 1 aliphatic rings. The summed E-state index contributed by atoms with van der Waals surface area (Å²) in [4.78, 5) is 24.4. The minimum atomic E-state index is -0.342. The lowest BCUT2D eigenvalue weighted by Crippen LogP contribution is -2.42. The Kier molecular flexibility index (Phi) is 7.82. The van der Waals surface area contributed by atoms with Crippen molar-refractivity contribution >= 4 is 11.8 Å². The first-order valence-electron chi connectivity index (χ1n) is 10.5. The van der Waals surface area contributed by atoms with E-state index in [1.807, 2.05) is 31.2 Å². The van der Waals surface area contributed by atoms with E-state index >= 15 is 0 Å². The molecule has 2 N–H and O–H groups in total. The van der Waals surface area contributed by atoms with Gasteiger partial charge in [-0.05, 0) is 61.9 Å². The van der Waals surface area contributed by atoms with Gasteiger partial charge in [-0.3, -0.25) is 9.59 Å². The zero-order chi connectivity index (χ0) is 21.3. The summed E-state index contributed by atoms with van der Waals surface area (Å²) < 4.78 is 18.3. The number of nitrogens with one attached hydrogen (secondary N) is 2. The molecular weight excluding hydrogens is 383 g/mol. The predicted molar refractivity (Wildman–Crippen MR) is 114 cm³/mol. The first kappa shape index (κ1) is 21.8. The number of halogens is 1. The smallest absolute Gasteiger partial charge is 0.258 e. The lowest BCUT2D eigenvalue weighted by molar-refractivity contribution is -0.124. The van der Waals surface area contributed by atoms with Gasteiger partial charge in [0.15, 0.2) is 6.61 Å². The van der Waals surface area contributed by atoms with Gasteiger partial charge in [0.2, 0.25) is 5.91 Å². The number of rotatable bonds is 8. The van der Waals surface area contributed by atoms with Crippen LogP contribution in [-0.2, 0) is 16.0 Å². The molecule has 1 saturated carbocycles. The number of amides is 2. The van der Waals surface area contributed by atoms with Gasteiger partial charge in [0.1, 0.15) is 11.6 Å². The quantitative estimate of drug-likeness (QED) is 0.697. The molecule has 0 aliphatic heterocycles. The van der Waals surface area contributed by atoms with E-state index in [1.165, 1.54) is 24.3 Å². The number of benzene rings is 2. The van der Waals surface area contributed by atoms with Crippen LogP contribution in [0.1, 0.15) is 36.8 Å². The fourth-order valence-electron chi connectivity index (χ4n) is 3.88. The van der Waals surface area contributed by atoms with Crippen molar-refractivity contribution in [3.05, 3.63) is 65.5 Å². The normalized spacial score (nSPS) is 18.5. The van der Waals surface area contributed by atoms with Gasteiger partial charge in [0.05, 0.1) is 6.42 Å². The molecule has 1 aliphatic carbocycles. The van der Waals surface area contributed by atoms with Crippen LogP contribution in [0.3, 0.4) is 0 Å². The van der Waals surface area contributed by atoms with E-state index in [9.17, 15) is 14.0 Å². The molecule has 2 aromatic carbocycles. The third-order valence-corrected chi connectivity index (χ3v) is 5.37. The van der Waals surface area contributed by atoms with Crippen molar-refractivity contribution in [2.75, 3.05) is 13.2 Å². The van der Waals surface area contributed by atoms with Gasteiger partial charge in [-0.25, -0.2) is 4.39 Å². The van der Waals surface area contributed by atoms with Crippen LogP contribution in [0, 0.1) is 18.7 Å². The summed E-state index contributed by atoms with van der Waals surface area (Å²) in [6, 6.07) is 13.7. The molecule has 160 valence electrons. The summed E-state index contributed by atoms with van der Waals surface area (Å²) in [5, 5.41) is 6.05. The Balaban J connectivity index is 1.37. The maximum atomic E-state index is 12.9. The maximum Gasteiger partial charge on any atom is 0.258 e. The Hall–Kier alpha value is -2.89. The molecule has 6 heteroatoms. The highest BCUT2D eigenvalue weighted by Crippen LogP contribution is 2.24. The molecular formula is C24H29FN2O3. The van der Waals surface area contributed by atoms with Crippen LogP contribution in [0.15, 0.2) is 48.5 Å². The zero-order valence-corrected chi connectivity index (χ0v) is 17.3. The number of carbonyl (C=O) groups is 2. The van der Waals surface area contributed by atoms with Gasteiger partial charge in [-0.1, -0.05) is 36.2 Å². The Bertz CT molecular complexity index is 854. The lowest BCUT2D eigenvalue weighted by Gasteiger charge is -2.30. The Labute approximate surface area is 177 Å². The van der Waals surface area contributed by atoms with Crippen molar-refractivity contribution < 1.29 is 18.7 Å². The molecule has 0 bridgehead atoms. The number of ether oxygens (including phenoxy) is 1. The SMILES string of the molecule is Cc1cccc(CC(=O)NC[C@@H]2CCC[C@H](NC(=O)COc3ccc(F)cc3)C2)c1. The van der Waals surface area contributed by atoms with Crippen LogP contribution in [0.4, 0.5) is 4.39 Å². The van der Waals surface area contributed by atoms with Crippen LogP contribution in [-0.4, -0.2) is 31.0 Å². The van der Waals surface area contributed by atoms with E-state index in [-0.39, 0.29) is 30.3 Å². The summed E-state index contributed by atoms with van der Waals surface area (Å²) in [6.45, 7) is 2.55. The Morgan fingerprint density at radius 1 is 1.10 bits per heavy atom. The highest BCUT2D eigenvalue weighted by atomic mass is 19.1. The summed E-state index contributed by atoms with van der Waals surface area (Å²) >= 11 is 0. The monoisotopic (exact) mass is 412 g/mol. The first-order valence-corrected chi connectivity index (χ1v) is 10.5. The number of hydrogen-bond acceptors (Lipinski definition) is 3. The molecule has 30 heavy (non-hydrogen) atoms. The molecule has 0 saturated heterocycles. The van der Waals surface area contributed by atoms with Crippen molar-refractivity contribution in [3.63, 3.8) is 0 Å². The van der Waals surface area contributed by atoms with Crippen molar-refractivity contribution in [2.24, 2.45) is 5.92 Å². The standard InChI is InChI=1S/C24H29FN2O3/c1-17-4-2-5-18(12-17)14-23(28)26-15-19-6-3-7-21(13-19)27-24(29)16-30-22-10-8-20(25)9-11-22/h2,4-5,8-12,19,21H,3,6-7,13-16H2,1H3,(H,26,28)(H,27,29)/t19-,21+/m1/s1. The minimum absolute atomic E-state index is 0.0273. The molecule has 2 atom stereocenters. The van der Waals surface area contributed by atoms with E-state index in [0.29, 0.717) is 24.6 Å². The fourth-order valence-corrected chi connectivity index (χ4v) is 3.88. The summed E-state index contributed by atoms with van der Waals surface area (Å²) in [7, 11) is 0. The number of aryl methyl sites for hydroxylation is 1. The largest absolute Gasteiger partial charge is 0.484 e. The summed E-state index contributed by atoms with van der Waals surface area (Å²) in [5.41, 5.74) is 2.16. The molecule has 3 rings (SSSR count). The third kappa shape index (κ3) is 7.17. The lowest BCUT2D eigenvalue weighted by atomic mass is 9.85. The fraction of sp³-hybridized carbons (Fsp3) is 0.417. The summed E-state index contributed by atoms with van der Waals surface area (Å²) in [5.74, 6) is 0.312. The Morgan fingerprint density at radius 2 is 1.90 bits per heavy atom. The molecule has 0 spiro atoms. The van der Waals surface area contributed by atoms with Crippen molar-refractivity contribution in [1.29, 1.82) is 0 Å². The van der Waals surface area contributed by atoms with E-state index in [1.54, 1.807) is 0 Å². The summed E-state index contributed by atoms with van der Waals surface area (Å²) in [6.07, 6.45) is 4.21. The molecule has 2 aromatic rings. The minimum Gasteiger partial charge on any atom is -0.484 e. The highest BCUT2D eigenvalue weighted by molar-refractivity contribution is 5.78. The van der Waals surface area contributed by atoms with Crippen LogP contribution in [0.5, 0.6) is 5.75 Å². The van der Waals surface area contributed by atoms with Gasteiger partial charge < -0.3 is 15.4 Å². The van der Waals surface area contributed by atoms with Crippen molar-refractivity contribution in [1.82, 2.24) is 10.6 Å². The third-order valence-electron chi connectivity index (χ3n) is 5.37. The van der Waals surface area contributed by atoms with E-state index in [4.69, 9.17) is 4.74 Å². The van der Waals surface area contributed by atoms with Gasteiger partial charge in [0.25, 0.3) is 5.91 Å². The number of carbonyl (C=O) groups excluding carboxylic acids is 2. The van der Waals surface area contributed by atoms with Gasteiger partial charge in [-0.15, -0.1) is 0 Å². The van der Waals surface area contributed by atoms with E-state index in [0.717, 1.165) is 36.8 Å². The zero-order valence-electron chi connectivity index (χ0n) is 17.3. The van der Waals surface area contributed by atoms with E-state index in [2.05, 4.69) is 10.6 Å². The molecule has 0 radical (unpaired) electrons. The van der Waals surface area contributed by atoms with Gasteiger partial charge in [0, 0.05) is 12.6 Å². The second-order valence-corrected chi connectivity index (χ2v) is 8.01. The van der Waals surface area contributed by atoms with Gasteiger partial charge >= 0.3 is 0 Å². The average Bonchev–Trinajstić information content (AvgIpc) is 2.72. The van der Waals surface area contributed by atoms with Crippen LogP contribution < -0.4 is 15.4 Å². The molecule has 1 fully saturated rings. The molecule has 0 unspecified atom stereocenters. The molecule has 5 nitrogen and oxygen atoms in total. The molecule has 2 amide bonds. The second kappa shape index (κ2) is 10.8. The molecule has 0 heterocycles. The first-order chi connectivity index (χ1) is 14.5. The van der Waals surface area contributed by atoms with Crippen molar-refractivity contribution in [3.8, 4) is 5.75 Å². The second-order valence-electron chi connectivity index (χ2n) is 8.01. The molecule has 0 aromatic heterocycles. The van der Waals surface area contributed by atoms with Crippen LogP contribution in [0.2, 0.25) is 0 Å². The van der Waals surface area contributed by atoms with Crippen LogP contribution >= 0.6 is 0 Å². The number of hydrogen-bond donors (Lipinski definition) is 2. The topological polar surface area (TPSA) is 67.4 Å². The highest BCUT2D eigenvalue weighted by Gasteiger charge is 2.23.